The SMILES string of the molecule is COc1ccc(Cl)cc1NC(=O)c1ccc(C(=O)N(C)c2ccccc2)cc1. The number of carbonyl (C=O) groups is 2. The minimum absolute atomic E-state index is 0.158. The molecule has 0 bridgehead atoms. The van der Waals surface area contributed by atoms with E-state index in [4.69, 9.17) is 16.3 Å². The van der Waals surface area contributed by atoms with Gasteiger partial charge in [-0.3, -0.25) is 9.59 Å². The first kappa shape index (κ1) is 19.5. The van der Waals surface area contributed by atoms with Gasteiger partial charge in [0.05, 0.1) is 12.8 Å². The normalized spacial score (nSPS) is 10.2. The highest BCUT2D eigenvalue weighted by atomic mass is 35.5. The van der Waals surface area contributed by atoms with Gasteiger partial charge in [-0.15, -0.1) is 0 Å². The van der Waals surface area contributed by atoms with Crippen molar-refractivity contribution in [2.75, 3.05) is 24.4 Å². The molecule has 0 aliphatic rings. The molecule has 0 aromatic heterocycles. The fraction of sp³-hybridized carbons (Fsp3) is 0.0909. The van der Waals surface area contributed by atoms with E-state index >= 15 is 0 Å². The lowest BCUT2D eigenvalue weighted by atomic mass is 10.1. The average Bonchev–Trinajstić information content (AvgIpc) is 2.73. The van der Waals surface area contributed by atoms with Crippen LogP contribution in [-0.4, -0.2) is 26.0 Å². The summed E-state index contributed by atoms with van der Waals surface area (Å²) in [4.78, 5) is 26.7. The molecule has 3 aromatic carbocycles. The van der Waals surface area contributed by atoms with Crippen LogP contribution in [0.3, 0.4) is 0 Å². The van der Waals surface area contributed by atoms with Crippen LogP contribution >= 0.6 is 11.6 Å². The lowest BCUT2D eigenvalue weighted by molar-refractivity contribution is 0.0989. The molecule has 0 radical (unpaired) electrons. The summed E-state index contributed by atoms with van der Waals surface area (Å²) in [6, 6.07) is 20.8. The highest BCUT2D eigenvalue weighted by Crippen LogP contribution is 2.28. The van der Waals surface area contributed by atoms with E-state index in [0.29, 0.717) is 27.6 Å². The molecule has 3 rings (SSSR count). The van der Waals surface area contributed by atoms with Gasteiger partial charge < -0.3 is 15.0 Å². The van der Waals surface area contributed by atoms with Crippen molar-refractivity contribution in [3.8, 4) is 5.75 Å². The number of hydrogen-bond donors (Lipinski definition) is 1. The zero-order valence-corrected chi connectivity index (χ0v) is 16.2. The van der Waals surface area contributed by atoms with E-state index in [0.717, 1.165) is 5.69 Å². The summed E-state index contributed by atoms with van der Waals surface area (Å²) in [6.07, 6.45) is 0. The van der Waals surface area contributed by atoms with Crippen molar-refractivity contribution < 1.29 is 14.3 Å². The predicted octanol–water partition coefficient (Wildman–Crippen LogP) is 4.88. The van der Waals surface area contributed by atoms with Gasteiger partial charge in [0.1, 0.15) is 5.75 Å². The smallest absolute Gasteiger partial charge is 0.258 e. The maximum Gasteiger partial charge on any atom is 0.258 e. The van der Waals surface area contributed by atoms with E-state index < -0.39 is 0 Å². The zero-order valence-electron chi connectivity index (χ0n) is 15.5. The number of para-hydroxylation sites is 1. The fourth-order valence-electron chi connectivity index (χ4n) is 2.70. The van der Waals surface area contributed by atoms with Crippen molar-refractivity contribution in [1.82, 2.24) is 0 Å². The molecule has 28 heavy (non-hydrogen) atoms. The third kappa shape index (κ3) is 4.32. The van der Waals surface area contributed by atoms with E-state index in [1.807, 2.05) is 30.3 Å². The first-order chi connectivity index (χ1) is 13.5. The Hall–Kier alpha value is -3.31. The van der Waals surface area contributed by atoms with Crippen molar-refractivity contribution in [3.05, 3.63) is 88.9 Å². The Morgan fingerprint density at radius 1 is 0.929 bits per heavy atom. The Kier molecular flexibility index (Phi) is 5.96. The number of rotatable bonds is 5. The number of nitrogens with zero attached hydrogens (tertiary/aromatic N) is 1. The summed E-state index contributed by atoms with van der Waals surface area (Å²) in [5.41, 5.74) is 2.18. The molecule has 0 saturated heterocycles. The maximum atomic E-state index is 12.6. The summed E-state index contributed by atoms with van der Waals surface area (Å²) in [6.45, 7) is 0. The second-order valence-electron chi connectivity index (χ2n) is 6.08. The number of methoxy groups -OCH3 is 1. The minimum atomic E-state index is -0.323. The number of halogens is 1. The zero-order chi connectivity index (χ0) is 20.1. The van der Waals surface area contributed by atoms with Crippen LogP contribution in [0.2, 0.25) is 5.02 Å². The molecular formula is C22H19ClN2O3. The molecule has 0 unspecified atom stereocenters. The first-order valence-electron chi connectivity index (χ1n) is 8.57. The molecule has 3 aromatic rings. The van der Waals surface area contributed by atoms with Crippen LogP contribution in [0.5, 0.6) is 5.75 Å². The number of benzene rings is 3. The van der Waals surface area contributed by atoms with E-state index in [9.17, 15) is 9.59 Å². The van der Waals surface area contributed by atoms with Crippen LogP contribution in [0.1, 0.15) is 20.7 Å². The van der Waals surface area contributed by atoms with Gasteiger partial charge in [-0.05, 0) is 54.6 Å². The topological polar surface area (TPSA) is 58.6 Å². The number of hydrogen-bond acceptors (Lipinski definition) is 3. The Bertz CT molecular complexity index is 988. The maximum absolute atomic E-state index is 12.6. The molecular weight excluding hydrogens is 376 g/mol. The van der Waals surface area contributed by atoms with Crippen molar-refractivity contribution in [3.63, 3.8) is 0 Å². The van der Waals surface area contributed by atoms with Gasteiger partial charge in [-0.2, -0.15) is 0 Å². The molecule has 2 amide bonds. The van der Waals surface area contributed by atoms with Gasteiger partial charge in [-0.25, -0.2) is 0 Å². The standard InChI is InChI=1S/C22H19ClN2O3/c1-25(18-6-4-3-5-7-18)22(27)16-10-8-15(9-11-16)21(26)24-19-14-17(23)12-13-20(19)28-2/h3-14H,1-2H3,(H,24,26). The minimum Gasteiger partial charge on any atom is -0.495 e. The molecule has 0 atom stereocenters. The van der Waals surface area contributed by atoms with Gasteiger partial charge in [0.2, 0.25) is 0 Å². The van der Waals surface area contributed by atoms with E-state index in [2.05, 4.69) is 5.32 Å². The molecule has 0 saturated carbocycles. The van der Waals surface area contributed by atoms with Crippen LogP contribution in [0.4, 0.5) is 11.4 Å². The highest BCUT2D eigenvalue weighted by molar-refractivity contribution is 6.31. The molecule has 0 spiro atoms. The van der Waals surface area contributed by atoms with Gasteiger partial charge in [0, 0.05) is 28.9 Å². The molecule has 0 aliphatic heterocycles. The molecule has 0 heterocycles. The van der Waals surface area contributed by atoms with Crippen LogP contribution in [-0.2, 0) is 0 Å². The average molecular weight is 395 g/mol. The van der Waals surface area contributed by atoms with Gasteiger partial charge >= 0.3 is 0 Å². The van der Waals surface area contributed by atoms with E-state index in [-0.39, 0.29) is 11.8 Å². The quantitative estimate of drug-likeness (QED) is 0.671. The Balaban J connectivity index is 1.74. The van der Waals surface area contributed by atoms with Gasteiger partial charge in [-0.1, -0.05) is 29.8 Å². The second-order valence-corrected chi connectivity index (χ2v) is 6.51. The predicted molar refractivity (Wildman–Crippen MR) is 112 cm³/mol. The number of amides is 2. The highest BCUT2D eigenvalue weighted by Gasteiger charge is 2.15. The largest absolute Gasteiger partial charge is 0.495 e. The van der Waals surface area contributed by atoms with Crippen molar-refractivity contribution in [1.29, 1.82) is 0 Å². The van der Waals surface area contributed by atoms with E-state index in [1.165, 1.54) is 7.11 Å². The van der Waals surface area contributed by atoms with Crippen molar-refractivity contribution in [2.24, 2.45) is 0 Å². The Labute approximate surface area is 168 Å². The molecule has 6 heteroatoms. The first-order valence-corrected chi connectivity index (χ1v) is 8.95. The monoisotopic (exact) mass is 394 g/mol. The van der Waals surface area contributed by atoms with Crippen LogP contribution in [0, 0.1) is 0 Å². The second kappa shape index (κ2) is 8.59. The van der Waals surface area contributed by atoms with Crippen LogP contribution in [0.25, 0.3) is 0 Å². The summed E-state index contributed by atoms with van der Waals surface area (Å²) >= 11 is 5.99. The lowest BCUT2D eigenvalue weighted by Crippen LogP contribution is -2.26. The number of ether oxygens (including phenoxy) is 1. The number of carbonyl (C=O) groups excluding carboxylic acids is 2. The summed E-state index contributed by atoms with van der Waals surface area (Å²) in [5, 5.41) is 3.26. The molecule has 1 N–H and O–H groups in total. The third-order valence-corrected chi connectivity index (χ3v) is 4.49. The van der Waals surface area contributed by atoms with Crippen molar-refractivity contribution in [2.45, 2.75) is 0 Å². The Morgan fingerprint density at radius 2 is 1.57 bits per heavy atom. The third-order valence-electron chi connectivity index (χ3n) is 4.25. The summed E-state index contributed by atoms with van der Waals surface area (Å²) in [7, 11) is 3.23. The Morgan fingerprint density at radius 3 is 2.21 bits per heavy atom. The van der Waals surface area contributed by atoms with Crippen LogP contribution in [0.15, 0.2) is 72.8 Å². The van der Waals surface area contributed by atoms with Crippen molar-refractivity contribution >= 4 is 34.8 Å². The number of anilines is 2. The fourth-order valence-corrected chi connectivity index (χ4v) is 2.87. The lowest BCUT2D eigenvalue weighted by Gasteiger charge is -2.17. The number of nitrogens with one attached hydrogen (secondary N) is 1. The molecule has 142 valence electrons. The molecule has 5 nitrogen and oxygen atoms in total. The molecule has 0 fully saturated rings. The summed E-state index contributed by atoms with van der Waals surface area (Å²) in [5.74, 6) is 0.0275. The molecule has 0 aliphatic carbocycles. The van der Waals surface area contributed by atoms with Gasteiger partial charge in [0.25, 0.3) is 11.8 Å². The van der Waals surface area contributed by atoms with Crippen LogP contribution < -0.4 is 15.0 Å². The van der Waals surface area contributed by atoms with E-state index in [1.54, 1.807) is 54.4 Å². The summed E-state index contributed by atoms with van der Waals surface area (Å²) < 4.78 is 5.23. The van der Waals surface area contributed by atoms with Gasteiger partial charge in [0.15, 0.2) is 0 Å².